The Morgan fingerprint density at radius 3 is 1.88 bits per heavy atom. The van der Waals surface area contributed by atoms with Crippen LogP contribution >= 0.6 is 23.1 Å². The van der Waals surface area contributed by atoms with Crippen molar-refractivity contribution in [3.63, 3.8) is 0 Å². The molecule has 0 fully saturated rings. The van der Waals surface area contributed by atoms with E-state index in [9.17, 15) is 0 Å². The average molecular weight is 546 g/mol. The Kier molecular flexibility index (Phi) is 4.69. The van der Waals surface area contributed by atoms with Gasteiger partial charge < -0.3 is 4.90 Å². The standard InChI is InChI=1S/C37H23NS2/c1-2-12-24(13-3-1)38-31-18-8-5-15-27(31)37(28-16-6-9-19-32(28)38)29-17-7-11-21-34(29)40-36-30(37)23-22-26-25-14-4-10-20-33(25)39-35(26)36/h1-23H. The topological polar surface area (TPSA) is 3.24 Å². The lowest BCUT2D eigenvalue weighted by Gasteiger charge is -2.49. The third-order valence-corrected chi connectivity index (χ3v) is 11.1. The van der Waals surface area contributed by atoms with Gasteiger partial charge in [0.15, 0.2) is 0 Å². The molecule has 0 bridgehead atoms. The molecule has 3 heterocycles. The van der Waals surface area contributed by atoms with Crippen LogP contribution in [-0.2, 0) is 5.41 Å². The molecule has 0 saturated carbocycles. The SMILES string of the molecule is c1ccc(N2c3ccccc3C3(c4ccccc4Sc4c3ccc3c4sc4ccccc43)c3ccccc32)cc1. The number of benzene rings is 6. The predicted molar refractivity (Wildman–Crippen MR) is 170 cm³/mol. The van der Waals surface area contributed by atoms with E-state index in [-0.39, 0.29) is 0 Å². The van der Waals surface area contributed by atoms with Crippen LogP contribution in [0, 0.1) is 0 Å². The van der Waals surface area contributed by atoms with Gasteiger partial charge in [-0.1, -0.05) is 115 Å². The molecule has 0 N–H and O–H groups in total. The Bertz CT molecular complexity index is 2060. The fourth-order valence-corrected chi connectivity index (χ4v) is 9.59. The fourth-order valence-electron chi connectivity index (χ4n) is 6.96. The monoisotopic (exact) mass is 545 g/mol. The fraction of sp³-hybridized carbons (Fsp3) is 0.0270. The van der Waals surface area contributed by atoms with Gasteiger partial charge in [-0.05, 0) is 58.7 Å². The highest BCUT2D eigenvalue weighted by atomic mass is 32.2. The van der Waals surface area contributed by atoms with Crippen molar-refractivity contribution in [1.29, 1.82) is 0 Å². The highest BCUT2D eigenvalue weighted by molar-refractivity contribution is 8.00. The van der Waals surface area contributed by atoms with Crippen LogP contribution in [0.3, 0.4) is 0 Å². The second-order valence-electron chi connectivity index (χ2n) is 10.5. The Balaban J connectivity index is 1.47. The van der Waals surface area contributed by atoms with Crippen LogP contribution < -0.4 is 4.90 Å². The molecule has 40 heavy (non-hydrogen) atoms. The molecule has 1 nitrogen and oxygen atoms in total. The van der Waals surface area contributed by atoms with E-state index < -0.39 is 5.41 Å². The van der Waals surface area contributed by atoms with Crippen LogP contribution in [0.25, 0.3) is 20.2 Å². The zero-order chi connectivity index (χ0) is 26.3. The summed E-state index contributed by atoms with van der Waals surface area (Å²) >= 11 is 3.87. The molecule has 2 aliphatic rings. The lowest BCUT2D eigenvalue weighted by molar-refractivity contribution is 0.695. The van der Waals surface area contributed by atoms with E-state index in [1.807, 2.05) is 23.1 Å². The number of hydrogen-bond acceptors (Lipinski definition) is 3. The number of rotatable bonds is 1. The van der Waals surface area contributed by atoms with E-state index in [0.29, 0.717) is 0 Å². The third kappa shape index (κ3) is 2.84. The first-order valence-electron chi connectivity index (χ1n) is 13.6. The number of nitrogens with zero attached hydrogens (tertiary/aromatic N) is 1. The second-order valence-corrected chi connectivity index (χ2v) is 12.6. The first-order chi connectivity index (χ1) is 19.9. The summed E-state index contributed by atoms with van der Waals surface area (Å²) in [4.78, 5) is 5.16. The van der Waals surface area contributed by atoms with E-state index in [1.54, 1.807) is 0 Å². The van der Waals surface area contributed by atoms with Crippen molar-refractivity contribution in [2.75, 3.05) is 4.90 Å². The molecule has 3 heteroatoms. The number of hydrogen-bond donors (Lipinski definition) is 0. The summed E-state index contributed by atoms with van der Waals surface area (Å²) in [6.07, 6.45) is 0. The molecule has 1 aromatic heterocycles. The van der Waals surface area contributed by atoms with Crippen LogP contribution in [0.2, 0.25) is 0 Å². The first-order valence-corrected chi connectivity index (χ1v) is 15.3. The van der Waals surface area contributed by atoms with E-state index in [2.05, 4.69) is 144 Å². The van der Waals surface area contributed by atoms with Crippen molar-refractivity contribution in [3.05, 3.63) is 162 Å². The Morgan fingerprint density at radius 2 is 1.10 bits per heavy atom. The van der Waals surface area contributed by atoms with Crippen molar-refractivity contribution in [3.8, 4) is 0 Å². The van der Waals surface area contributed by atoms with Gasteiger partial charge in [0.25, 0.3) is 0 Å². The summed E-state index contributed by atoms with van der Waals surface area (Å²) in [5.41, 5.74) is 8.60. The molecular weight excluding hydrogens is 523 g/mol. The number of anilines is 3. The van der Waals surface area contributed by atoms with E-state index in [0.717, 1.165) is 0 Å². The maximum Gasteiger partial charge on any atom is 0.0764 e. The van der Waals surface area contributed by atoms with Crippen LogP contribution in [-0.4, -0.2) is 0 Å². The highest BCUT2D eigenvalue weighted by Gasteiger charge is 2.50. The number of fused-ring (bicyclic) bond motifs is 12. The maximum absolute atomic E-state index is 2.44. The summed E-state index contributed by atoms with van der Waals surface area (Å²) in [6, 6.07) is 51.5. The number of thiophene rings is 1. The van der Waals surface area contributed by atoms with Crippen LogP contribution in [0.15, 0.2) is 149 Å². The Morgan fingerprint density at radius 1 is 0.475 bits per heavy atom. The minimum Gasteiger partial charge on any atom is -0.310 e. The van der Waals surface area contributed by atoms with Gasteiger partial charge in [0.1, 0.15) is 0 Å². The van der Waals surface area contributed by atoms with E-state index >= 15 is 0 Å². The van der Waals surface area contributed by atoms with Crippen molar-refractivity contribution in [2.24, 2.45) is 0 Å². The third-order valence-electron chi connectivity index (χ3n) is 8.52. The summed E-state index contributed by atoms with van der Waals surface area (Å²) in [5.74, 6) is 0. The van der Waals surface area contributed by atoms with Crippen molar-refractivity contribution in [1.82, 2.24) is 0 Å². The first kappa shape index (κ1) is 22.5. The molecule has 0 aliphatic carbocycles. The lowest BCUT2D eigenvalue weighted by Crippen LogP contribution is -2.39. The minimum atomic E-state index is -0.431. The zero-order valence-corrected chi connectivity index (χ0v) is 23.2. The maximum atomic E-state index is 2.44. The quantitative estimate of drug-likeness (QED) is 0.202. The van der Waals surface area contributed by atoms with Gasteiger partial charge in [0, 0.05) is 35.7 Å². The molecule has 188 valence electrons. The molecule has 9 rings (SSSR count). The van der Waals surface area contributed by atoms with Gasteiger partial charge in [-0.2, -0.15) is 0 Å². The largest absolute Gasteiger partial charge is 0.310 e. The Hall–Kier alpha value is -4.31. The Labute approximate surface area is 241 Å². The van der Waals surface area contributed by atoms with Crippen molar-refractivity contribution >= 4 is 60.3 Å². The van der Waals surface area contributed by atoms with Gasteiger partial charge in [-0.15, -0.1) is 11.3 Å². The lowest BCUT2D eigenvalue weighted by atomic mass is 9.62. The average Bonchev–Trinajstić information content (AvgIpc) is 3.41. The van der Waals surface area contributed by atoms with Crippen LogP contribution in [0.1, 0.15) is 22.3 Å². The van der Waals surface area contributed by atoms with Crippen LogP contribution in [0.4, 0.5) is 17.1 Å². The molecule has 2 aliphatic heterocycles. The summed E-state index contributed by atoms with van der Waals surface area (Å²) < 4.78 is 2.73. The van der Waals surface area contributed by atoms with Crippen molar-refractivity contribution in [2.45, 2.75) is 15.2 Å². The highest BCUT2D eigenvalue weighted by Crippen LogP contribution is 2.64. The molecule has 6 aromatic carbocycles. The smallest absolute Gasteiger partial charge is 0.0764 e. The normalized spacial score (nSPS) is 14.6. The zero-order valence-electron chi connectivity index (χ0n) is 21.5. The molecule has 0 radical (unpaired) electrons. The molecule has 0 atom stereocenters. The molecule has 0 saturated heterocycles. The predicted octanol–water partition coefficient (Wildman–Crippen LogP) is 10.7. The van der Waals surface area contributed by atoms with Gasteiger partial charge >= 0.3 is 0 Å². The molecule has 0 unspecified atom stereocenters. The summed E-state index contributed by atoms with van der Waals surface area (Å²) in [6.45, 7) is 0. The summed E-state index contributed by atoms with van der Waals surface area (Å²) in [7, 11) is 0. The van der Waals surface area contributed by atoms with Gasteiger partial charge in [0.2, 0.25) is 0 Å². The van der Waals surface area contributed by atoms with Gasteiger partial charge in [-0.25, -0.2) is 0 Å². The van der Waals surface area contributed by atoms with E-state index in [1.165, 1.54) is 69.3 Å². The minimum absolute atomic E-state index is 0.431. The molecule has 0 amide bonds. The second kappa shape index (κ2) is 8.34. The molecule has 1 spiro atoms. The van der Waals surface area contributed by atoms with Gasteiger partial charge in [-0.3, -0.25) is 0 Å². The van der Waals surface area contributed by atoms with Crippen LogP contribution in [0.5, 0.6) is 0 Å². The number of para-hydroxylation sites is 3. The van der Waals surface area contributed by atoms with E-state index in [4.69, 9.17) is 0 Å². The molecule has 7 aromatic rings. The van der Waals surface area contributed by atoms with Gasteiger partial charge in [0.05, 0.1) is 16.8 Å². The summed E-state index contributed by atoms with van der Waals surface area (Å²) in [5, 5.41) is 2.70. The van der Waals surface area contributed by atoms with Crippen molar-refractivity contribution < 1.29 is 0 Å². The molecular formula is C37H23NS2.